The van der Waals surface area contributed by atoms with Gasteiger partial charge in [-0.1, -0.05) is 196 Å². The Morgan fingerprint density at radius 3 is 1.91 bits per heavy atom. The molecule has 4 heterocycles. The van der Waals surface area contributed by atoms with Gasteiger partial charge in [-0.25, -0.2) is 4.98 Å². The van der Waals surface area contributed by atoms with Gasteiger partial charge in [-0.15, -0.1) is 0 Å². The van der Waals surface area contributed by atoms with Gasteiger partial charge in [0.1, 0.15) is 11.5 Å². The minimum atomic E-state index is -0.155. The van der Waals surface area contributed by atoms with Crippen LogP contribution in [0.15, 0.2) is 224 Å². The average Bonchev–Trinajstić information content (AvgIpc) is 3.96. The number of fused-ring (bicyclic) bond motifs is 6. The number of anilines is 2. The van der Waals surface area contributed by atoms with Gasteiger partial charge in [0, 0.05) is 23.5 Å². The molecule has 12 rings (SSSR count). The van der Waals surface area contributed by atoms with Crippen molar-refractivity contribution in [1.82, 2.24) is 9.55 Å². The Morgan fingerprint density at radius 1 is 0.582 bits per heavy atom. The van der Waals surface area contributed by atoms with Crippen LogP contribution in [-0.4, -0.2) is 16.3 Å². The van der Waals surface area contributed by atoms with Gasteiger partial charge in [-0.05, 0) is 80.6 Å². The highest BCUT2D eigenvalue weighted by Crippen LogP contribution is 2.49. The van der Waals surface area contributed by atoms with Crippen LogP contribution in [0.5, 0.6) is 17.2 Å². The molecule has 0 saturated carbocycles. The lowest BCUT2D eigenvalue weighted by atomic mass is 9.38. The van der Waals surface area contributed by atoms with Gasteiger partial charge in [0.15, 0.2) is 17.5 Å². The molecule has 8 aromatic carbocycles. The third-order valence-corrected chi connectivity index (χ3v) is 12.9. The van der Waals surface area contributed by atoms with E-state index in [9.17, 15) is 0 Å². The maximum Gasteiger partial charge on any atom is 0.269 e. The quantitative estimate of drug-likeness (QED) is 0.0867. The van der Waals surface area contributed by atoms with Crippen LogP contribution in [0.1, 0.15) is 26.3 Å². The largest absolute Gasteiger partial charge is 0.458 e. The van der Waals surface area contributed by atoms with Crippen LogP contribution in [0.25, 0.3) is 55.8 Å². The standard InChI is InChI=1S/C60H45BN4O2/c1-60(2,3)50-35-36-62-59-58(50)67-56-39-61(51-30-14-13-27-47(51)41-19-7-4-8-20-41)52-34-33-46(38-55(52)65(56)59)66-45-26-17-25-44(37-45)63-40-64(54-32-16-15-31-53(54)63)57-48(42-21-9-5-10-22-42)28-18-29-49(57)43-23-11-6-12-24-43/h4-39H,1-3H3. The summed E-state index contributed by atoms with van der Waals surface area (Å²) in [4.78, 5) is 7.10. The first-order chi connectivity index (χ1) is 32.9. The van der Waals surface area contributed by atoms with Gasteiger partial charge in [-0.2, -0.15) is 0 Å². The van der Waals surface area contributed by atoms with Gasteiger partial charge in [0.05, 0.1) is 22.4 Å². The van der Waals surface area contributed by atoms with E-state index in [1.165, 1.54) is 16.6 Å². The summed E-state index contributed by atoms with van der Waals surface area (Å²) in [5.41, 5.74) is 15.2. The van der Waals surface area contributed by atoms with Crippen molar-refractivity contribution in [1.29, 1.82) is 0 Å². The molecule has 0 atom stereocenters. The zero-order valence-corrected chi connectivity index (χ0v) is 37.5. The zero-order chi connectivity index (χ0) is 45.1. The maximum atomic E-state index is 6.87. The fraction of sp³-hybridized carbons (Fsp3) is 0.0667. The number of benzene rings is 8. The molecule has 6 nitrogen and oxygen atoms in total. The lowest BCUT2D eigenvalue weighted by Gasteiger charge is -2.29. The molecule has 0 N–H and O–H groups in total. The Bertz CT molecular complexity index is 3470. The number of aromatic nitrogens is 3. The van der Waals surface area contributed by atoms with Crippen molar-refractivity contribution in [2.24, 2.45) is 0 Å². The van der Waals surface area contributed by atoms with Gasteiger partial charge in [-0.3, -0.25) is 14.0 Å². The molecule has 2 aromatic heterocycles. The molecule has 0 radical (unpaired) electrons. The second-order valence-corrected chi connectivity index (χ2v) is 18.1. The molecule has 320 valence electrons. The highest BCUT2D eigenvalue weighted by atomic mass is 16.5. The summed E-state index contributed by atoms with van der Waals surface area (Å²) in [6.45, 7) is 6.54. The predicted molar refractivity (Wildman–Crippen MR) is 272 cm³/mol. The van der Waals surface area contributed by atoms with Crippen LogP contribution in [0.4, 0.5) is 11.5 Å². The van der Waals surface area contributed by atoms with Crippen LogP contribution < -0.4 is 29.9 Å². The summed E-state index contributed by atoms with van der Waals surface area (Å²) in [6, 6.07) is 72.2. The van der Waals surface area contributed by atoms with E-state index >= 15 is 0 Å². The van der Waals surface area contributed by atoms with Crippen molar-refractivity contribution in [3.8, 4) is 62.0 Å². The van der Waals surface area contributed by atoms with Gasteiger partial charge in [0.2, 0.25) is 6.71 Å². The molecular weight excluding hydrogens is 819 g/mol. The Morgan fingerprint density at radius 2 is 1.19 bits per heavy atom. The van der Waals surface area contributed by atoms with Crippen LogP contribution in [0.2, 0.25) is 0 Å². The smallest absolute Gasteiger partial charge is 0.269 e. The lowest BCUT2D eigenvalue weighted by molar-refractivity contribution is -0.571. The molecule has 2 aliphatic heterocycles. The highest BCUT2D eigenvalue weighted by molar-refractivity contribution is 6.91. The normalized spacial score (nSPS) is 12.9. The first-order valence-corrected chi connectivity index (χ1v) is 22.8. The number of imidazole rings is 1. The molecule has 67 heavy (non-hydrogen) atoms. The number of rotatable bonds is 8. The van der Waals surface area contributed by atoms with E-state index in [1.807, 2.05) is 18.3 Å². The third-order valence-electron chi connectivity index (χ3n) is 12.9. The first kappa shape index (κ1) is 40.1. The summed E-state index contributed by atoms with van der Waals surface area (Å²) in [7, 11) is 0. The number of pyridine rings is 1. The average molecular weight is 865 g/mol. The molecular formula is C60H45BN4O2. The summed E-state index contributed by atoms with van der Waals surface area (Å²) in [5, 5.41) is 0. The molecule has 0 spiro atoms. The lowest BCUT2D eigenvalue weighted by Crippen LogP contribution is -2.47. The van der Waals surface area contributed by atoms with E-state index in [1.54, 1.807) is 0 Å². The second kappa shape index (κ2) is 16.2. The van der Waals surface area contributed by atoms with Gasteiger partial charge >= 0.3 is 0 Å². The Hall–Kier alpha value is -8.42. The van der Waals surface area contributed by atoms with Crippen molar-refractivity contribution >= 4 is 40.2 Å². The number of para-hydroxylation sites is 3. The minimum Gasteiger partial charge on any atom is -0.458 e. The maximum absolute atomic E-state index is 6.87. The van der Waals surface area contributed by atoms with E-state index in [2.05, 4.69) is 241 Å². The van der Waals surface area contributed by atoms with Crippen molar-refractivity contribution < 1.29 is 14.0 Å². The summed E-state index contributed by atoms with van der Waals surface area (Å²) >= 11 is 0. The molecule has 0 aliphatic carbocycles. The van der Waals surface area contributed by atoms with Crippen LogP contribution in [0, 0.1) is 6.33 Å². The van der Waals surface area contributed by atoms with Gasteiger partial charge < -0.3 is 9.47 Å². The first-order valence-electron chi connectivity index (χ1n) is 22.8. The van der Waals surface area contributed by atoms with Crippen molar-refractivity contribution in [2.45, 2.75) is 26.2 Å². The highest BCUT2D eigenvalue weighted by Gasteiger charge is 2.41. The second-order valence-electron chi connectivity index (χ2n) is 18.1. The van der Waals surface area contributed by atoms with E-state index in [0.717, 1.165) is 78.8 Å². The van der Waals surface area contributed by atoms with E-state index in [4.69, 9.17) is 14.5 Å². The molecule has 0 fully saturated rings. The molecule has 0 amide bonds. The van der Waals surface area contributed by atoms with E-state index < -0.39 is 0 Å². The minimum absolute atomic E-state index is 0.0962. The molecule has 0 saturated heterocycles. The van der Waals surface area contributed by atoms with E-state index in [0.29, 0.717) is 11.5 Å². The number of ether oxygens (including phenoxy) is 2. The molecule has 0 bridgehead atoms. The van der Waals surface area contributed by atoms with Crippen molar-refractivity contribution in [2.75, 3.05) is 4.90 Å². The Labute approximate surface area is 391 Å². The number of nitrogens with zero attached hydrogens (tertiary/aromatic N) is 4. The third kappa shape index (κ3) is 7.07. The topological polar surface area (TPSA) is 43.4 Å². The van der Waals surface area contributed by atoms with Crippen LogP contribution >= 0.6 is 0 Å². The predicted octanol–water partition coefficient (Wildman–Crippen LogP) is 12.7. The summed E-state index contributed by atoms with van der Waals surface area (Å²) < 4.78 is 18.1. The van der Waals surface area contributed by atoms with Crippen molar-refractivity contribution in [3.05, 3.63) is 236 Å². The molecule has 10 aromatic rings. The molecule has 0 unspecified atom stereocenters. The van der Waals surface area contributed by atoms with E-state index in [-0.39, 0.29) is 12.1 Å². The van der Waals surface area contributed by atoms with Crippen LogP contribution in [-0.2, 0) is 5.41 Å². The zero-order valence-electron chi connectivity index (χ0n) is 37.5. The Balaban J connectivity index is 0.964. The van der Waals surface area contributed by atoms with Crippen LogP contribution in [0.3, 0.4) is 0 Å². The SMILES string of the molecule is CC(C)(C)c1ccnc2c1OC1=CB(c3ccccc3-c3ccccc3)c3ccc(Oc4cccc(-n5[c-][n+](-c6c(-c7ccccc7)cccc6-c6ccccc6)c6ccccc65)c4)cc3N12. The molecule has 7 heteroatoms. The fourth-order valence-electron chi connectivity index (χ4n) is 9.79. The summed E-state index contributed by atoms with van der Waals surface area (Å²) in [5.74, 6) is 5.96. The number of hydrogen-bond donors (Lipinski definition) is 0. The fourth-order valence-corrected chi connectivity index (χ4v) is 9.79. The Kier molecular flexibility index (Phi) is 9.72. The monoisotopic (exact) mass is 864 g/mol. The van der Waals surface area contributed by atoms with Crippen molar-refractivity contribution in [3.63, 3.8) is 0 Å². The molecule has 2 aliphatic rings. The van der Waals surface area contributed by atoms with Gasteiger partial charge in [0.25, 0.3) is 6.33 Å². The number of hydrogen-bond acceptors (Lipinski definition) is 4. The summed E-state index contributed by atoms with van der Waals surface area (Å²) in [6.07, 6.45) is 5.70.